The zero-order valence-electron chi connectivity index (χ0n) is 14.2. The summed E-state index contributed by atoms with van der Waals surface area (Å²) in [7, 11) is 0. The summed E-state index contributed by atoms with van der Waals surface area (Å²) in [5.41, 5.74) is 1.24. The lowest BCUT2D eigenvalue weighted by Crippen LogP contribution is -2.27. The van der Waals surface area contributed by atoms with Crippen LogP contribution >= 0.6 is 11.6 Å². The van der Waals surface area contributed by atoms with Crippen LogP contribution in [0.5, 0.6) is 0 Å². The number of carbonyl (C=O) groups excluding carboxylic acids is 1. The van der Waals surface area contributed by atoms with Gasteiger partial charge in [0.25, 0.3) is 0 Å². The van der Waals surface area contributed by atoms with Gasteiger partial charge in [-0.15, -0.1) is 0 Å². The lowest BCUT2D eigenvalue weighted by Gasteiger charge is -2.14. The van der Waals surface area contributed by atoms with Crippen LogP contribution in [-0.4, -0.2) is 15.5 Å². The van der Waals surface area contributed by atoms with Crippen LogP contribution in [0.15, 0.2) is 48.5 Å². The molecule has 1 unspecified atom stereocenters. The third-order valence-electron chi connectivity index (χ3n) is 3.94. The predicted molar refractivity (Wildman–Crippen MR) is 98.0 cm³/mol. The van der Waals surface area contributed by atoms with Crippen LogP contribution in [-0.2, 0) is 4.79 Å². The SMILES string of the molecule is CC(NC(=O)/C=C/c1ccc(F)c(Cl)c1)c1nc2ccccc2n1C(F)F. The number of benzene rings is 2. The number of nitrogens with zero attached hydrogens (tertiary/aromatic N) is 2. The number of carbonyl (C=O) groups is 1. The standard InChI is InChI=1S/C19H15ClF3N3O/c1-11(18-25-15-4-2-3-5-16(15)26(18)19(22)23)24-17(27)9-7-12-6-8-14(21)13(20)10-12/h2-11,19H,1H3,(H,24,27)/b9-7+. The van der Waals surface area contributed by atoms with E-state index in [1.165, 1.54) is 30.4 Å². The van der Waals surface area contributed by atoms with Crippen LogP contribution in [0.25, 0.3) is 17.1 Å². The summed E-state index contributed by atoms with van der Waals surface area (Å²) in [4.78, 5) is 16.3. The molecule has 1 heterocycles. The molecule has 0 radical (unpaired) electrons. The molecule has 8 heteroatoms. The molecule has 1 atom stereocenters. The van der Waals surface area contributed by atoms with Crippen molar-refractivity contribution in [2.75, 3.05) is 0 Å². The third-order valence-corrected chi connectivity index (χ3v) is 4.22. The minimum absolute atomic E-state index is 0.0535. The van der Waals surface area contributed by atoms with Crippen molar-refractivity contribution >= 4 is 34.6 Å². The molecule has 27 heavy (non-hydrogen) atoms. The normalized spacial score (nSPS) is 12.8. The number of aromatic nitrogens is 2. The first kappa shape index (κ1) is 19.0. The second kappa shape index (κ2) is 7.84. The number of hydrogen-bond donors (Lipinski definition) is 1. The number of para-hydroxylation sites is 2. The van der Waals surface area contributed by atoms with Gasteiger partial charge < -0.3 is 5.32 Å². The Morgan fingerprint density at radius 3 is 2.70 bits per heavy atom. The quantitative estimate of drug-likeness (QED) is 0.612. The van der Waals surface area contributed by atoms with Crippen molar-refractivity contribution in [1.82, 2.24) is 14.9 Å². The highest BCUT2D eigenvalue weighted by Crippen LogP contribution is 2.26. The van der Waals surface area contributed by atoms with Crippen molar-refractivity contribution < 1.29 is 18.0 Å². The number of hydrogen-bond acceptors (Lipinski definition) is 2. The van der Waals surface area contributed by atoms with E-state index in [2.05, 4.69) is 10.3 Å². The molecule has 1 aromatic heterocycles. The van der Waals surface area contributed by atoms with Gasteiger partial charge in [-0.05, 0) is 42.8 Å². The van der Waals surface area contributed by atoms with E-state index < -0.39 is 24.3 Å². The van der Waals surface area contributed by atoms with E-state index in [0.717, 1.165) is 4.57 Å². The van der Waals surface area contributed by atoms with Gasteiger partial charge in [0, 0.05) is 6.08 Å². The molecule has 0 aliphatic heterocycles. The van der Waals surface area contributed by atoms with Gasteiger partial charge >= 0.3 is 6.55 Å². The lowest BCUT2D eigenvalue weighted by molar-refractivity contribution is -0.117. The minimum Gasteiger partial charge on any atom is -0.343 e. The molecule has 3 aromatic rings. The topological polar surface area (TPSA) is 46.9 Å². The molecular formula is C19H15ClF3N3O. The van der Waals surface area contributed by atoms with Gasteiger partial charge in [0.2, 0.25) is 5.91 Å². The molecule has 0 aliphatic carbocycles. The van der Waals surface area contributed by atoms with Gasteiger partial charge in [-0.25, -0.2) is 9.37 Å². The van der Waals surface area contributed by atoms with Crippen molar-refractivity contribution in [1.29, 1.82) is 0 Å². The summed E-state index contributed by atoms with van der Waals surface area (Å²) < 4.78 is 40.9. The van der Waals surface area contributed by atoms with E-state index >= 15 is 0 Å². The zero-order valence-corrected chi connectivity index (χ0v) is 14.9. The maximum atomic E-state index is 13.5. The van der Waals surface area contributed by atoms with Gasteiger partial charge in [0.05, 0.1) is 22.1 Å². The van der Waals surface area contributed by atoms with E-state index in [-0.39, 0.29) is 10.8 Å². The average Bonchev–Trinajstić information content (AvgIpc) is 3.02. The number of nitrogens with one attached hydrogen (secondary N) is 1. The molecule has 0 spiro atoms. The number of halogens is 4. The van der Waals surface area contributed by atoms with Crippen molar-refractivity contribution in [2.45, 2.75) is 19.5 Å². The Kier molecular flexibility index (Phi) is 5.51. The van der Waals surface area contributed by atoms with Crippen molar-refractivity contribution in [3.63, 3.8) is 0 Å². The molecule has 0 bridgehead atoms. The van der Waals surface area contributed by atoms with Crippen molar-refractivity contribution in [3.8, 4) is 0 Å². The number of imidazole rings is 1. The molecule has 140 valence electrons. The Morgan fingerprint density at radius 2 is 2.00 bits per heavy atom. The fourth-order valence-corrected chi connectivity index (χ4v) is 2.88. The Bertz CT molecular complexity index is 1020. The first-order chi connectivity index (χ1) is 12.9. The highest BCUT2D eigenvalue weighted by atomic mass is 35.5. The Balaban J connectivity index is 1.78. The van der Waals surface area contributed by atoms with E-state index in [9.17, 15) is 18.0 Å². The molecule has 0 fully saturated rings. The summed E-state index contributed by atoms with van der Waals surface area (Å²) in [5, 5.41) is 2.54. The van der Waals surface area contributed by atoms with Crippen LogP contribution in [0.3, 0.4) is 0 Å². The molecule has 3 rings (SSSR count). The lowest BCUT2D eigenvalue weighted by atomic mass is 10.2. The molecule has 0 saturated carbocycles. The third kappa shape index (κ3) is 4.14. The first-order valence-corrected chi connectivity index (χ1v) is 8.43. The Labute approximate surface area is 158 Å². The number of alkyl halides is 2. The van der Waals surface area contributed by atoms with E-state index in [4.69, 9.17) is 11.6 Å². The van der Waals surface area contributed by atoms with Gasteiger partial charge in [-0.1, -0.05) is 29.8 Å². The number of rotatable bonds is 5. The highest BCUT2D eigenvalue weighted by molar-refractivity contribution is 6.30. The maximum Gasteiger partial charge on any atom is 0.320 e. The van der Waals surface area contributed by atoms with Gasteiger partial charge in [-0.3, -0.25) is 9.36 Å². The fourth-order valence-electron chi connectivity index (χ4n) is 2.69. The van der Waals surface area contributed by atoms with E-state index in [0.29, 0.717) is 16.6 Å². The van der Waals surface area contributed by atoms with Gasteiger partial charge in [-0.2, -0.15) is 8.78 Å². The van der Waals surface area contributed by atoms with Gasteiger partial charge in [0.1, 0.15) is 11.6 Å². The van der Waals surface area contributed by atoms with Crippen molar-refractivity contribution in [3.05, 3.63) is 70.8 Å². The predicted octanol–water partition coefficient (Wildman–Crippen LogP) is 5.11. The molecule has 1 N–H and O–H groups in total. The van der Waals surface area contributed by atoms with Crippen LogP contribution in [0.2, 0.25) is 5.02 Å². The monoisotopic (exact) mass is 393 g/mol. The van der Waals surface area contributed by atoms with Crippen LogP contribution < -0.4 is 5.32 Å². The average molecular weight is 394 g/mol. The maximum absolute atomic E-state index is 13.5. The first-order valence-electron chi connectivity index (χ1n) is 8.05. The van der Waals surface area contributed by atoms with Crippen LogP contribution in [0.1, 0.15) is 30.9 Å². The number of amides is 1. The van der Waals surface area contributed by atoms with Crippen LogP contribution in [0.4, 0.5) is 13.2 Å². The molecule has 1 amide bonds. The Morgan fingerprint density at radius 1 is 1.26 bits per heavy atom. The van der Waals surface area contributed by atoms with E-state index in [1.54, 1.807) is 31.2 Å². The molecular weight excluding hydrogens is 379 g/mol. The zero-order chi connectivity index (χ0) is 19.6. The van der Waals surface area contributed by atoms with E-state index in [1.807, 2.05) is 0 Å². The van der Waals surface area contributed by atoms with Crippen molar-refractivity contribution in [2.24, 2.45) is 0 Å². The summed E-state index contributed by atoms with van der Waals surface area (Å²) in [6.45, 7) is -1.22. The second-order valence-electron chi connectivity index (χ2n) is 5.84. The second-order valence-corrected chi connectivity index (χ2v) is 6.25. The minimum atomic E-state index is -2.79. The highest BCUT2D eigenvalue weighted by Gasteiger charge is 2.22. The summed E-state index contributed by atoms with van der Waals surface area (Å²) in [6.07, 6.45) is 2.67. The van der Waals surface area contributed by atoms with Gasteiger partial charge in [0.15, 0.2) is 0 Å². The van der Waals surface area contributed by atoms with Crippen LogP contribution in [0, 0.1) is 5.82 Å². The molecule has 2 aromatic carbocycles. The molecule has 0 aliphatic rings. The summed E-state index contributed by atoms with van der Waals surface area (Å²) in [5.74, 6) is -1.01. The largest absolute Gasteiger partial charge is 0.343 e. The fraction of sp³-hybridized carbons (Fsp3) is 0.158. The molecule has 0 saturated heterocycles. The summed E-state index contributed by atoms with van der Waals surface area (Å²) >= 11 is 5.69. The Hall–Kier alpha value is -2.80. The summed E-state index contributed by atoms with van der Waals surface area (Å²) in [6, 6.07) is 9.80. The molecule has 4 nitrogen and oxygen atoms in total. The number of fused-ring (bicyclic) bond motifs is 1. The smallest absolute Gasteiger partial charge is 0.320 e.